The number of sulfonamides is 1. The van der Waals surface area contributed by atoms with Crippen LogP contribution >= 0.6 is 11.6 Å². The molecular formula is C17H17ClFNO4S. The number of rotatable bonds is 6. The molecule has 0 amide bonds. The van der Waals surface area contributed by atoms with Crippen molar-refractivity contribution in [2.24, 2.45) is 0 Å². The lowest BCUT2D eigenvalue weighted by atomic mass is 10.0. The van der Waals surface area contributed by atoms with Gasteiger partial charge in [-0.2, -0.15) is 0 Å². The van der Waals surface area contributed by atoms with Gasteiger partial charge in [0.15, 0.2) is 0 Å². The van der Waals surface area contributed by atoms with E-state index in [1.165, 1.54) is 12.1 Å². The van der Waals surface area contributed by atoms with Crippen molar-refractivity contribution in [1.29, 1.82) is 0 Å². The van der Waals surface area contributed by atoms with Crippen molar-refractivity contribution in [2.75, 3.05) is 10.6 Å². The molecule has 0 saturated heterocycles. The summed E-state index contributed by atoms with van der Waals surface area (Å²) in [7, 11) is -3.91. The number of carboxylic acids is 1. The van der Waals surface area contributed by atoms with E-state index in [9.17, 15) is 22.7 Å². The summed E-state index contributed by atoms with van der Waals surface area (Å²) in [5.74, 6) is -1.85. The first kappa shape index (κ1) is 19.2. The van der Waals surface area contributed by atoms with Gasteiger partial charge in [-0.3, -0.25) is 4.31 Å². The van der Waals surface area contributed by atoms with Gasteiger partial charge < -0.3 is 5.11 Å². The van der Waals surface area contributed by atoms with Gasteiger partial charge in [0.25, 0.3) is 0 Å². The molecule has 0 aliphatic heterocycles. The highest BCUT2D eigenvalue weighted by Gasteiger charge is 2.33. The van der Waals surface area contributed by atoms with Crippen LogP contribution in [0.3, 0.4) is 0 Å². The van der Waals surface area contributed by atoms with Crippen molar-refractivity contribution in [1.82, 2.24) is 0 Å². The number of aliphatic carboxylic acids is 1. The molecule has 0 fully saturated rings. The Kier molecular flexibility index (Phi) is 5.69. The second-order valence-electron chi connectivity index (χ2n) is 5.66. The maximum Gasteiger partial charge on any atom is 0.327 e. The third-order valence-electron chi connectivity index (χ3n) is 3.72. The number of hydrogen-bond acceptors (Lipinski definition) is 3. The number of carbonyl (C=O) groups is 1. The molecule has 134 valence electrons. The van der Waals surface area contributed by atoms with Gasteiger partial charge >= 0.3 is 5.97 Å². The highest BCUT2D eigenvalue weighted by molar-refractivity contribution is 7.92. The topological polar surface area (TPSA) is 74.7 Å². The standard InChI is InChI=1S/C17H17ClFNO4S/c1-11-9-13(18)4-3-12(11)10-16(17(21)22)20(25(2,23)24)15-7-5-14(19)6-8-15/h3-9,16H,10H2,1-2H3,(H,21,22). The summed E-state index contributed by atoms with van der Waals surface area (Å²) in [4.78, 5) is 11.8. The minimum Gasteiger partial charge on any atom is -0.480 e. The monoisotopic (exact) mass is 385 g/mol. The molecule has 0 radical (unpaired) electrons. The van der Waals surface area contributed by atoms with E-state index in [1.54, 1.807) is 25.1 Å². The van der Waals surface area contributed by atoms with Crippen LogP contribution in [0.25, 0.3) is 0 Å². The average molecular weight is 386 g/mol. The van der Waals surface area contributed by atoms with E-state index in [0.29, 0.717) is 10.6 Å². The Labute approximate surface area is 150 Å². The fourth-order valence-electron chi connectivity index (χ4n) is 2.56. The molecule has 1 unspecified atom stereocenters. The molecule has 0 aromatic heterocycles. The fraction of sp³-hybridized carbons (Fsp3) is 0.235. The molecule has 2 aromatic rings. The lowest BCUT2D eigenvalue weighted by Gasteiger charge is -2.29. The van der Waals surface area contributed by atoms with E-state index in [1.807, 2.05) is 0 Å². The summed E-state index contributed by atoms with van der Waals surface area (Å²) in [6.07, 6.45) is 0.865. The molecule has 0 spiro atoms. The van der Waals surface area contributed by atoms with E-state index in [0.717, 1.165) is 28.3 Å². The van der Waals surface area contributed by atoms with Crippen LogP contribution in [0.1, 0.15) is 11.1 Å². The number of hydrogen-bond donors (Lipinski definition) is 1. The highest BCUT2D eigenvalue weighted by Crippen LogP contribution is 2.25. The van der Waals surface area contributed by atoms with Gasteiger partial charge in [-0.1, -0.05) is 17.7 Å². The number of carboxylic acid groups (broad SMARTS) is 1. The van der Waals surface area contributed by atoms with Crippen LogP contribution in [0, 0.1) is 12.7 Å². The van der Waals surface area contributed by atoms with E-state index >= 15 is 0 Å². The van der Waals surface area contributed by atoms with Crippen LogP contribution in [0.15, 0.2) is 42.5 Å². The SMILES string of the molecule is Cc1cc(Cl)ccc1CC(C(=O)O)N(c1ccc(F)cc1)S(C)(=O)=O. The summed E-state index contributed by atoms with van der Waals surface area (Å²) in [6, 6.07) is 8.23. The number of halogens is 2. The van der Waals surface area contributed by atoms with Crippen LogP contribution in [0.4, 0.5) is 10.1 Å². The largest absolute Gasteiger partial charge is 0.480 e. The molecule has 0 aliphatic carbocycles. The maximum atomic E-state index is 13.1. The predicted octanol–water partition coefficient (Wildman–Crippen LogP) is 3.25. The molecule has 1 N–H and O–H groups in total. The molecule has 0 heterocycles. The van der Waals surface area contributed by atoms with E-state index in [4.69, 9.17) is 11.6 Å². The van der Waals surface area contributed by atoms with E-state index in [-0.39, 0.29) is 12.1 Å². The minimum atomic E-state index is -3.91. The summed E-state index contributed by atoms with van der Waals surface area (Å²) >= 11 is 5.90. The first-order valence-electron chi connectivity index (χ1n) is 7.32. The molecule has 0 aliphatic rings. The number of aryl methyl sites for hydroxylation is 1. The molecule has 8 heteroatoms. The summed E-state index contributed by atoms with van der Waals surface area (Å²) in [5, 5.41) is 10.1. The van der Waals surface area contributed by atoms with Crippen molar-refractivity contribution in [3.8, 4) is 0 Å². The third-order valence-corrected chi connectivity index (χ3v) is 5.14. The van der Waals surface area contributed by atoms with E-state index < -0.39 is 27.9 Å². The Morgan fingerprint density at radius 2 is 1.84 bits per heavy atom. The quantitative estimate of drug-likeness (QED) is 0.828. The average Bonchev–Trinajstić information content (AvgIpc) is 2.49. The fourth-order valence-corrected chi connectivity index (χ4v) is 3.92. The Bertz CT molecular complexity index is 884. The zero-order chi connectivity index (χ0) is 18.8. The van der Waals surface area contributed by atoms with Gasteiger partial charge in [-0.05, 0) is 54.4 Å². The van der Waals surface area contributed by atoms with Gasteiger partial charge in [-0.15, -0.1) is 0 Å². The van der Waals surface area contributed by atoms with Crippen molar-refractivity contribution >= 4 is 33.3 Å². The molecule has 2 aromatic carbocycles. The third kappa shape index (κ3) is 4.70. The lowest BCUT2D eigenvalue weighted by molar-refractivity contribution is -0.138. The number of benzene rings is 2. The molecule has 0 saturated carbocycles. The Hall–Kier alpha value is -2.12. The van der Waals surface area contributed by atoms with Crippen LogP contribution < -0.4 is 4.31 Å². The molecule has 2 rings (SSSR count). The van der Waals surface area contributed by atoms with Crippen molar-refractivity contribution in [3.63, 3.8) is 0 Å². The molecule has 1 atom stereocenters. The van der Waals surface area contributed by atoms with Crippen LogP contribution in [0.2, 0.25) is 5.02 Å². The van der Waals surface area contributed by atoms with Crippen LogP contribution in [0.5, 0.6) is 0 Å². The Balaban J connectivity index is 2.50. The van der Waals surface area contributed by atoms with Gasteiger partial charge in [0, 0.05) is 11.4 Å². The molecular weight excluding hydrogens is 369 g/mol. The first-order valence-corrected chi connectivity index (χ1v) is 9.55. The van der Waals surface area contributed by atoms with Crippen molar-refractivity contribution < 1.29 is 22.7 Å². The van der Waals surface area contributed by atoms with E-state index in [2.05, 4.69) is 0 Å². The summed E-state index contributed by atoms with van der Waals surface area (Å²) < 4.78 is 38.4. The smallest absolute Gasteiger partial charge is 0.327 e. The van der Waals surface area contributed by atoms with Gasteiger partial charge in [0.1, 0.15) is 11.9 Å². The minimum absolute atomic E-state index is 0.0528. The first-order chi connectivity index (χ1) is 11.6. The summed E-state index contributed by atoms with van der Waals surface area (Å²) in [5.41, 5.74) is 1.50. The second-order valence-corrected chi connectivity index (χ2v) is 7.96. The van der Waals surface area contributed by atoms with Gasteiger partial charge in [0.05, 0.1) is 11.9 Å². The second kappa shape index (κ2) is 7.41. The molecule has 0 bridgehead atoms. The van der Waals surface area contributed by atoms with Crippen LogP contribution in [-0.2, 0) is 21.2 Å². The zero-order valence-corrected chi connectivity index (χ0v) is 15.2. The molecule has 25 heavy (non-hydrogen) atoms. The van der Waals surface area contributed by atoms with Crippen molar-refractivity contribution in [2.45, 2.75) is 19.4 Å². The number of nitrogens with zero attached hydrogens (tertiary/aromatic N) is 1. The van der Waals surface area contributed by atoms with Crippen LogP contribution in [-0.4, -0.2) is 31.8 Å². The number of anilines is 1. The van der Waals surface area contributed by atoms with Crippen molar-refractivity contribution in [3.05, 3.63) is 64.4 Å². The van der Waals surface area contributed by atoms with Gasteiger partial charge in [-0.25, -0.2) is 17.6 Å². The molecule has 5 nitrogen and oxygen atoms in total. The predicted molar refractivity (Wildman–Crippen MR) is 95.0 cm³/mol. The zero-order valence-electron chi connectivity index (χ0n) is 13.6. The Morgan fingerprint density at radius 3 is 2.32 bits per heavy atom. The lowest BCUT2D eigenvalue weighted by Crippen LogP contribution is -2.46. The normalized spacial score (nSPS) is 12.6. The highest BCUT2D eigenvalue weighted by atomic mass is 35.5. The Morgan fingerprint density at radius 1 is 1.24 bits per heavy atom. The summed E-state index contributed by atoms with van der Waals surface area (Å²) in [6.45, 7) is 1.77. The maximum absolute atomic E-state index is 13.1. The van der Waals surface area contributed by atoms with Gasteiger partial charge in [0.2, 0.25) is 10.0 Å².